The van der Waals surface area contributed by atoms with Gasteiger partial charge in [-0.15, -0.1) is 0 Å². The van der Waals surface area contributed by atoms with E-state index in [1.54, 1.807) is 20.1 Å². The molecule has 0 radical (unpaired) electrons. The number of carbonyl (C=O) groups is 1. The van der Waals surface area contributed by atoms with Crippen molar-refractivity contribution in [1.82, 2.24) is 15.3 Å². The van der Waals surface area contributed by atoms with E-state index in [9.17, 15) is 4.79 Å². The van der Waals surface area contributed by atoms with Gasteiger partial charge >= 0.3 is 0 Å². The van der Waals surface area contributed by atoms with Crippen molar-refractivity contribution in [2.24, 2.45) is 0 Å². The minimum absolute atomic E-state index is 0.239. The lowest BCUT2D eigenvalue weighted by atomic mass is 10.1. The second-order valence-corrected chi connectivity index (χ2v) is 5.11. The van der Waals surface area contributed by atoms with Crippen LogP contribution in [0.5, 0.6) is 0 Å². The summed E-state index contributed by atoms with van der Waals surface area (Å²) in [5.41, 5.74) is 2.53. The second-order valence-electron chi connectivity index (χ2n) is 5.11. The molecule has 2 N–H and O–H groups in total. The third kappa shape index (κ3) is 5.03. The third-order valence-electron chi connectivity index (χ3n) is 3.30. The summed E-state index contributed by atoms with van der Waals surface area (Å²) >= 11 is 0. The van der Waals surface area contributed by atoms with E-state index >= 15 is 0 Å². The van der Waals surface area contributed by atoms with Gasteiger partial charge in [-0.05, 0) is 31.0 Å². The van der Waals surface area contributed by atoms with Gasteiger partial charge in [0, 0.05) is 25.4 Å². The maximum Gasteiger partial charge on any atom is 0.270 e. The number of hydrogen-bond acceptors (Lipinski definition) is 5. The minimum Gasteiger partial charge on any atom is -0.383 e. The molecule has 0 spiro atoms. The summed E-state index contributed by atoms with van der Waals surface area (Å²) < 4.78 is 4.91. The molecule has 23 heavy (non-hydrogen) atoms. The Labute approximate surface area is 136 Å². The van der Waals surface area contributed by atoms with Crippen LogP contribution in [0.4, 0.5) is 11.5 Å². The molecule has 1 amide bonds. The topological polar surface area (TPSA) is 76.1 Å². The van der Waals surface area contributed by atoms with Crippen molar-refractivity contribution in [3.05, 3.63) is 47.4 Å². The first-order chi connectivity index (χ1) is 11.1. The average Bonchev–Trinajstić information content (AvgIpc) is 2.55. The van der Waals surface area contributed by atoms with Gasteiger partial charge in [-0.3, -0.25) is 4.79 Å². The van der Waals surface area contributed by atoms with Gasteiger partial charge in [0.15, 0.2) is 0 Å². The molecule has 0 saturated carbocycles. The molecule has 0 aliphatic carbocycles. The van der Waals surface area contributed by atoms with Crippen LogP contribution in [0.25, 0.3) is 0 Å². The lowest BCUT2D eigenvalue weighted by molar-refractivity contribution is 0.0932. The summed E-state index contributed by atoms with van der Waals surface area (Å²) in [4.78, 5) is 20.6. The van der Waals surface area contributed by atoms with E-state index in [-0.39, 0.29) is 5.91 Å². The van der Waals surface area contributed by atoms with E-state index in [0.717, 1.165) is 12.1 Å². The van der Waals surface area contributed by atoms with E-state index in [0.29, 0.717) is 30.5 Å². The number of carbonyl (C=O) groups excluding carboxylic acids is 1. The van der Waals surface area contributed by atoms with Crippen molar-refractivity contribution < 1.29 is 9.53 Å². The summed E-state index contributed by atoms with van der Waals surface area (Å²) in [5.74, 6) is 0.896. The van der Waals surface area contributed by atoms with E-state index in [1.807, 2.05) is 12.1 Å². The number of rotatable bonds is 7. The van der Waals surface area contributed by atoms with Crippen LogP contribution in [0.3, 0.4) is 0 Å². The Hall–Kier alpha value is -2.47. The smallest absolute Gasteiger partial charge is 0.270 e. The predicted molar refractivity (Wildman–Crippen MR) is 90.1 cm³/mol. The number of aromatic nitrogens is 2. The molecule has 1 aromatic carbocycles. The standard InChI is InChI=1S/C17H22N4O2/c1-4-13-5-7-14(8-6-13)21-16-11-15(19-12(2)20-16)17(22)18-9-10-23-3/h5-8,11H,4,9-10H2,1-3H3,(H,18,22)(H,19,20,21). The fraction of sp³-hybridized carbons (Fsp3) is 0.353. The third-order valence-corrected chi connectivity index (χ3v) is 3.30. The number of nitrogens with zero attached hydrogens (tertiary/aromatic N) is 2. The van der Waals surface area contributed by atoms with E-state index in [4.69, 9.17) is 4.74 Å². The molecule has 0 saturated heterocycles. The van der Waals surface area contributed by atoms with Gasteiger partial charge in [0.2, 0.25) is 0 Å². The van der Waals surface area contributed by atoms with E-state index in [2.05, 4.69) is 39.7 Å². The highest BCUT2D eigenvalue weighted by atomic mass is 16.5. The molecule has 122 valence electrons. The molecule has 0 unspecified atom stereocenters. The highest BCUT2D eigenvalue weighted by molar-refractivity contribution is 5.93. The summed E-state index contributed by atoms with van der Waals surface area (Å²) in [7, 11) is 1.59. The first kappa shape index (κ1) is 16.9. The van der Waals surface area contributed by atoms with Crippen molar-refractivity contribution in [2.45, 2.75) is 20.3 Å². The summed E-state index contributed by atoms with van der Waals surface area (Å²) in [6.45, 7) is 4.78. The van der Waals surface area contributed by atoms with Crippen LogP contribution >= 0.6 is 0 Å². The van der Waals surface area contributed by atoms with Crippen LogP contribution in [-0.4, -0.2) is 36.1 Å². The molecule has 0 bridgehead atoms. The normalized spacial score (nSPS) is 10.4. The molecule has 0 atom stereocenters. The molecule has 6 nitrogen and oxygen atoms in total. The zero-order valence-corrected chi connectivity index (χ0v) is 13.7. The number of ether oxygens (including phenoxy) is 1. The fourth-order valence-electron chi connectivity index (χ4n) is 2.08. The zero-order chi connectivity index (χ0) is 16.7. The highest BCUT2D eigenvalue weighted by Gasteiger charge is 2.10. The van der Waals surface area contributed by atoms with Crippen LogP contribution in [-0.2, 0) is 11.2 Å². The van der Waals surface area contributed by atoms with Crippen molar-refractivity contribution in [2.75, 3.05) is 25.6 Å². The first-order valence-corrected chi connectivity index (χ1v) is 7.61. The first-order valence-electron chi connectivity index (χ1n) is 7.61. The molecule has 0 fully saturated rings. The van der Waals surface area contributed by atoms with Gasteiger partial charge in [0.05, 0.1) is 6.61 Å². The lowest BCUT2D eigenvalue weighted by Gasteiger charge is -2.09. The summed E-state index contributed by atoms with van der Waals surface area (Å²) in [6.07, 6.45) is 0.999. The lowest BCUT2D eigenvalue weighted by Crippen LogP contribution is -2.28. The number of methoxy groups -OCH3 is 1. The van der Waals surface area contributed by atoms with Gasteiger partial charge in [-0.2, -0.15) is 0 Å². The number of aryl methyl sites for hydroxylation is 2. The van der Waals surface area contributed by atoms with Crippen LogP contribution in [0.1, 0.15) is 28.8 Å². The van der Waals surface area contributed by atoms with Gasteiger partial charge < -0.3 is 15.4 Å². The summed E-state index contributed by atoms with van der Waals surface area (Å²) in [5, 5.41) is 5.95. The minimum atomic E-state index is -0.239. The Morgan fingerprint density at radius 3 is 2.61 bits per heavy atom. The Bertz CT molecular complexity index is 656. The van der Waals surface area contributed by atoms with Crippen LogP contribution in [0.2, 0.25) is 0 Å². The number of hydrogen-bond donors (Lipinski definition) is 2. The maximum atomic E-state index is 12.1. The molecule has 6 heteroatoms. The van der Waals surface area contributed by atoms with Crippen LogP contribution in [0.15, 0.2) is 30.3 Å². The largest absolute Gasteiger partial charge is 0.383 e. The number of nitrogens with one attached hydrogen (secondary N) is 2. The van der Waals surface area contributed by atoms with Gasteiger partial charge in [-0.1, -0.05) is 19.1 Å². The molecular formula is C17H22N4O2. The SMILES string of the molecule is CCc1ccc(Nc2cc(C(=O)NCCOC)nc(C)n2)cc1. The van der Waals surface area contributed by atoms with Crippen molar-refractivity contribution >= 4 is 17.4 Å². The summed E-state index contributed by atoms with van der Waals surface area (Å²) in [6, 6.07) is 9.76. The Morgan fingerprint density at radius 2 is 1.96 bits per heavy atom. The number of amides is 1. The number of anilines is 2. The van der Waals surface area contributed by atoms with Crippen molar-refractivity contribution in [3.63, 3.8) is 0 Å². The molecule has 2 rings (SSSR count). The molecule has 0 aliphatic rings. The van der Waals surface area contributed by atoms with Gasteiger partial charge in [-0.25, -0.2) is 9.97 Å². The Morgan fingerprint density at radius 1 is 1.22 bits per heavy atom. The van der Waals surface area contributed by atoms with Crippen molar-refractivity contribution in [1.29, 1.82) is 0 Å². The predicted octanol–water partition coefficient (Wildman–Crippen LogP) is 2.47. The molecule has 1 heterocycles. The van der Waals surface area contributed by atoms with Crippen molar-refractivity contribution in [3.8, 4) is 0 Å². The fourth-order valence-corrected chi connectivity index (χ4v) is 2.08. The van der Waals surface area contributed by atoms with Gasteiger partial charge in [0.1, 0.15) is 17.3 Å². The van der Waals surface area contributed by atoms with E-state index < -0.39 is 0 Å². The Balaban J connectivity index is 2.11. The van der Waals surface area contributed by atoms with Crippen LogP contribution < -0.4 is 10.6 Å². The quantitative estimate of drug-likeness (QED) is 0.768. The monoisotopic (exact) mass is 314 g/mol. The zero-order valence-electron chi connectivity index (χ0n) is 13.7. The van der Waals surface area contributed by atoms with E-state index in [1.165, 1.54) is 5.56 Å². The molecule has 1 aromatic heterocycles. The number of benzene rings is 1. The average molecular weight is 314 g/mol. The Kier molecular flexibility index (Phi) is 6.05. The maximum absolute atomic E-state index is 12.1. The second kappa shape index (κ2) is 8.24. The molecular weight excluding hydrogens is 292 g/mol. The molecule has 0 aliphatic heterocycles. The van der Waals surface area contributed by atoms with Gasteiger partial charge in [0.25, 0.3) is 5.91 Å². The molecule has 2 aromatic rings. The highest BCUT2D eigenvalue weighted by Crippen LogP contribution is 2.16. The van der Waals surface area contributed by atoms with Crippen LogP contribution in [0, 0.1) is 6.92 Å².